The number of nitrogens with one attached hydrogen (secondary N) is 2. The highest BCUT2D eigenvalue weighted by molar-refractivity contribution is 7.81. The summed E-state index contributed by atoms with van der Waals surface area (Å²) >= 11 is 5.66. The second kappa shape index (κ2) is 10.5. The zero-order valence-corrected chi connectivity index (χ0v) is 23.3. The van der Waals surface area contributed by atoms with Gasteiger partial charge < -0.3 is 15.2 Å². The number of anilines is 2. The molecule has 0 atom stereocenters. The summed E-state index contributed by atoms with van der Waals surface area (Å²) in [4.78, 5) is 35.2. The fourth-order valence-electron chi connectivity index (χ4n) is 5.93. The normalized spacial score (nSPS) is 16.3. The van der Waals surface area contributed by atoms with Gasteiger partial charge in [-0.3, -0.25) is 14.5 Å². The highest BCUT2D eigenvalue weighted by Crippen LogP contribution is 2.47. The second-order valence-corrected chi connectivity index (χ2v) is 10.9. The molecule has 2 fully saturated rings. The van der Waals surface area contributed by atoms with Gasteiger partial charge in [-0.05, 0) is 73.6 Å². The number of hydrogen-bond acceptors (Lipinski definition) is 3. The van der Waals surface area contributed by atoms with Crippen molar-refractivity contribution in [2.45, 2.75) is 43.9 Å². The number of H-pyrrole nitrogens is 1. The monoisotopic (exact) mass is 605 g/mol. The molecule has 1 aliphatic carbocycles. The molecule has 4 aromatic rings. The van der Waals surface area contributed by atoms with Crippen LogP contribution in [0, 0.1) is 12.4 Å². The van der Waals surface area contributed by atoms with E-state index in [2.05, 4.69) is 15.1 Å². The number of aromatic amines is 1. The number of carbonyl (C=O) groups excluding carboxylic acids is 2. The van der Waals surface area contributed by atoms with Crippen LogP contribution in [0.4, 0.5) is 34.6 Å². The van der Waals surface area contributed by atoms with E-state index in [1.807, 2.05) is 6.07 Å². The zero-order valence-electron chi connectivity index (χ0n) is 22.5. The minimum atomic E-state index is -4.81. The first-order valence-corrected chi connectivity index (χ1v) is 13.9. The molecule has 1 saturated carbocycles. The van der Waals surface area contributed by atoms with Crippen molar-refractivity contribution in [2.24, 2.45) is 0 Å². The molecular formula is C31H23F4N5O2S. The Kier molecular flexibility index (Phi) is 6.93. The van der Waals surface area contributed by atoms with E-state index in [1.54, 1.807) is 30.5 Å². The molecule has 7 nitrogen and oxygen atoms in total. The lowest BCUT2D eigenvalue weighted by Gasteiger charge is -2.32. The molecule has 12 heteroatoms. The fraction of sp³-hybridized carbons (Fsp3) is 0.226. The van der Waals surface area contributed by atoms with E-state index in [9.17, 15) is 22.8 Å². The van der Waals surface area contributed by atoms with Gasteiger partial charge in [0.15, 0.2) is 10.8 Å². The lowest BCUT2D eigenvalue weighted by Crippen LogP contribution is -2.47. The van der Waals surface area contributed by atoms with Gasteiger partial charge in [-0.25, -0.2) is 9.24 Å². The maximum Gasteiger partial charge on any atom is 0.407 e. The molecule has 1 aromatic heterocycles. The van der Waals surface area contributed by atoms with E-state index in [0.717, 1.165) is 27.9 Å². The summed E-state index contributed by atoms with van der Waals surface area (Å²) in [6.45, 7) is 7.01. The van der Waals surface area contributed by atoms with Gasteiger partial charge in [0, 0.05) is 46.1 Å². The topological polar surface area (TPSA) is 72.8 Å². The first kappa shape index (κ1) is 28.4. The van der Waals surface area contributed by atoms with Crippen LogP contribution in [0.2, 0.25) is 0 Å². The van der Waals surface area contributed by atoms with E-state index in [4.69, 9.17) is 18.8 Å². The molecule has 2 N–H and O–H groups in total. The molecule has 2 heterocycles. The first-order chi connectivity index (χ1) is 20.5. The Hall–Kier alpha value is -4.76. The van der Waals surface area contributed by atoms with Crippen LogP contribution in [-0.2, 0) is 17.5 Å². The molecule has 0 bridgehead atoms. The van der Waals surface area contributed by atoms with Crippen molar-refractivity contribution in [1.29, 1.82) is 0 Å². The number of aromatic nitrogens is 1. The molecule has 218 valence electrons. The molecule has 1 spiro atoms. The average molecular weight is 606 g/mol. The predicted octanol–water partition coefficient (Wildman–Crippen LogP) is 7.26. The Labute approximate surface area is 248 Å². The van der Waals surface area contributed by atoms with Gasteiger partial charge in [0.05, 0.1) is 12.1 Å². The molecule has 1 saturated heterocycles. The van der Waals surface area contributed by atoms with Crippen molar-refractivity contribution in [3.63, 3.8) is 0 Å². The number of benzene rings is 3. The standard InChI is InChI=1S/C31H23F4N5O2S/c1-36-26-9-7-21(15-23(26)31(33,34)35)39-28(42)30(11-2-3-12-30)40(29(39)43)22-6-4-20(24(32)16-22)17-38-27(41)19-5-8-25-18(14-19)10-13-37-25/h4-10,13-16,37H,2-3,11-12,17H2,(H,38,41). The Balaban J connectivity index is 1.28. The third-order valence-corrected chi connectivity index (χ3v) is 8.42. The first-order valence-electron chi connectivity index (χ1n) is 13.4. The summed E-state index contributed by atoms with van der Waals surface area (Å²) in [5.74, 6) is -1.50. The van der Waals surface area contributed by atoms with Crippen LogP contribution in [-0.4, -0.2) is 27.4 Å². The number of rotatable bonds is 5. The van der Waals surface area contributed by atoms with Crippen LogP contribution in [0.25, 0.3) is 15.7 Å². The van der Waals surface area contributed by atoms with Crippen molar-refractivity contribution in [3.8, 4) is 0 Å². The number of thiocarbonyl (C=S) groups is 1. The lowest BCUT2D eigenvalue weighted by molar-refractivity contribution is -0.136. The van der Waals surface area contributed by atoms with Crippen LogP contribution in [0.15, 0.2) is 66.9 Å². The molecule has 43 heavy (non-hydrogen) atoms. The van der Waals surface area contributed by atoms with Crippen LogP contribution in [0.3, 0.4) is 0 Å². The van der Waals surface area contributed by atoms with Crippen LogP contribution in [0.5, 0.6) is 0 Å². The van der Waals surface area contributed by atoms with Gasteiger partial charge in [0.25, 0.3) is 11.8 Å². The zero-order chi connectivity index (χ0) is 30.5. The van der Waals surface area contributed by atoms with E-state index in [0.29, 0.717) is 31.2 Å². The third-order valence-electron chi connectivity index (χ3n) is 8.06. The van der Waals surface area contributed by atoms with Gasteiger partial charge in [0.1, 0.15) is 11.4 Å². The summed E-state index contributed by atoms with van der Waals surface area (Å²) in [6, 6.07) is 14.4. The maximum atomic E-state index is 15.4. The lowest BCUT2D eigenvalue weighted by atomic mass is 9.94. The van der Waals surface area contributed by atoms with Crippen molar-refractivity contribution >= 4 is 57.1 Å². The van der Waals surface area contributed by atoms with Crippen LogP contribution < -0.4 is 15.1 Å². The quantitative estimate of drug-likeness (QED) is 0.143. The molecule has 6 rings (SSSR count). The SMILES string of the molecule is [C-]#[N+]c1ccc(N2C(=O)C3(CCCC3)N(c3ccc(CNC(=O)c4ccc5[nH]ccc5c4)c(F)c3)C2=S)cc1C(F)(F)F. The van der Waals surface area contributed by atoms with E-state index in [1.165, 1.54) is 23.1 Å². The van der Waals surface area contributed by atoms with Crippen molar-refractivity contribution in [2.75, 3.05) is 9.80 Å². The highest BCUT2D eigenvalue weighted by atomic mass is 32.1. The molecule has 0 unspecified atom stereocenters. The van der Waals surface area contributed by atoms with Gasteiger partial charge in [-0.15, -0.1) is 0 Å². The molecule has 0 radical (unpaired) electrons. The van der Waals surface area contributed by atoms with E-state index in [-0.39, 0.29) is 34.5 Å². The molecule has 2 amide bonds. The summed E-state index contributed by atoms with van der Waals surface area (Å²) < 4.78 is 56.6. The highest BCUT2D eigenvalue weighted by Gasteiger charge is 2.57. The number of amides is 2. The molecule has 1 aliphatic heterocycles. The predicted molar refractivity (Wildman–Crippen MR) is 157 cm³/mol. The molecular weight excluding hydrogens is 582 g/mol. The number of carbonyl (C=O) groups is 2. The molecule has 2 aliphatic rings. The minimum absolute atomic E-state index is 0.0730. The maximum absolute atomic E-state index is 15.4. The van der Waals surface area contributed by atoms with Crippen LogP contribution in [0.1, 0.15) is 47.2 Å². The Morgan fingerprint density at radius 3 is 2.49 bits per heavy atom. The van der Waals surface area contributed by atoms with E-state index >= 15 is 4.39 Å². The summed E-state index contributed by atoms with van der Waals surface area (Å²) in [5.41, 5.74) is -1.24. The number of alkyl halides is 3. The third kappa shape index (κ3) is 4.79. The summed E-state index contributed by atoms with van der Waals surface area (Å²) in [5, 5.41) is 3.51. The minimum Gasteiger partial charge on any atom is -0.361 e. The number of fused-ring (bicyclic) bond motifs is 1. The fourth-order valence-corrected chi connectivity index (χ4v) is 6.40. The largest absolute Gasteiger partial charge is 0.407 e. The second-order valence-electron chi connectivity index (χ2n) is 10.5. The number of halogens is 4. The van der Waals surface area contributed by atoms with Gasteiger partial charge in [0.2, 0.25) is 0 Å². The summed E-state index contributed by atoms with van der Waals surface area (Å²) in [7, 11) is 0. The van der Waals surface area contributed by atoms with Gasteiger partial charge >= 0.3 is 6.18 Å². The smallest absolute Gasteiger partial charge is 0.361 e. The van der Waals surface area contributed by atoms with Crippen molar-refractivity contribution in [3.05, 3.63) is 101 Å². The van der Waals surface area contributed by atoms with Gasteiger partial charge in [-0.1, -0.05) is 25.0 Å². The van der Waals surface area contributed by atoms with E-state index < -0.39 is 34.7 Å². The van der Waals surface area contributed by atoms with Crippen molar-refractivity contribution < 1.29 is 27.2 Å². The molecule has 3 aromatic carbocycles. The average Bonchev–Trinajstić information content (AvgIpc) is 3.70. The Bertz CT molecular complexity index is 1840. The Morgan fingerprint density at radius 2 is 1.79 bits per heavy atom. The van der Waals surface area contributed by atoms with Crippen LogP contribution >= 0.6 is 12.2 Å². The number of nitrogens with zero attached hydrogens (tertiary/aromatic N) is 3. The summed E-state index contributed by atoms with van der Waals surface area (Å²) in [6.07, 6.45) is -0.898. The van der Waals surface area contributed by atoms with Crippen molar-refractivity contribution in [1.82, 2.24) is 10.3 Å². The number of hydrogen-bond donors (Lipinski definition) is 2. The van der Waals surface area contributed by atoms with Gasteiger partial charge in [-0.2, -0.15) is 13.2 Å². The Morgan fingerprint density at radius 1 is 1.05 bits per heavy atom.